The van der Waals surface area contributed by atoms with Gasteiger partial charge >= 0.3 is 0 Å². The highest BCUT2D eigenvalue weighted by molar-refractivity contribution is 5.48. The minimum Gasteiger partial charge on any atom is -0.491 e. The van der Waals surface area contributed by atoms with Gasteiger partial charge in [-0.2, -0.15) is 0 Å². The number of hydrogen-bond donors (Lipinski definition) is 0. The molecule has 0 aliphatic carbocycles. The summed E-state index contributed by atoms with van der Waals surface area (Å²) in [6.45, 7) is 5.90. The molecule has 0 N–H and O–H groups in total. The minimum absolute atomic E-state index is 0.318. The summed E-state index contributed by atoms with van der Waals surface area (Å²) in [5.74, 6) is 0.207. The van der Waals surface area contributed by atoms with Crippen molar-refractivity contribution in [3.05, 3.63) is 30.6 Å². The van der Waals surface area contributed by atoms with Gasteiger partial charge < -0.3 is 4.74 Å². The molecule has 0 unspecified atom stereocenters. The molecule has 0 fully saturated rings. The van der Waals surface area contributed by atoms with Crippen LogP contribution < -0.4 is 0 Å². The average Bonchev–Trinajstić information content (AvgIpc) is 2.06. The van der Waals surface area contributed by atoms with Crippen LogP contribution in [0, 0.1) is 5.82 Å². The maximum absolute atomic E-state index is 12.3. The van der Waals surface area contributed by atoms with Crippen molar-refractivity contribution < 1.29 is 9.13 Å². The molecule has 0 aliphatic heterocycles. The number of ether oxygens (including phenoxy) is 1. The van der Waals surface area contributed by atoms with E-state index >= 15 is 0 Å². The molecule has 0 bridgehead atoms. The van der Waals surface area contributed by atoms with Crippen LogP contribution in [0.1, 0.15) is 12.7 Å². The van der Waals surface area contributed by atoms with E-state index in [0.29, 0.717) is 18.2 Å². The lowest BCUT2D eigenvalue weighted by atomic mass is 10.5. The lowest BCUT2D eigenvalue weighted by Crippen LogP contribution is -1.97. The van der Waals surface area contributed by atoms with Crippen molar-refractivity contribution in [1.82, 2.24) is 9.97 Å². The standard InChI is InChI=1S/C8H9FN2O/c1-3-12-6(2)8-10-4-7(9)5-11-8/h4-5H,2-3H2,1H3. The summed E-state index contributed by atoms with van der Waals surface area (Å²) in [5, 5.41) is 0. The number of hydrogen-bond acceptors (Lipinski definition) is 3. The molecular weight excluding hydrogens is 159 g/mol. The number of rotatable bonds is 3. The molecule has 0 amide bonds. The van der Waals surface area contributed by atoms with Crippen molar-refractivity contribution in [3.63, 3.8) is 0 Å². The maximum atomic E-state index is 12.3. The van der Waals surface area contributed by atoms with E-state index in [4.69, 9.17) is 4.74 Å². The molecule has 0 aromatic carbocycles. The lowest BCUT2D eigenvalue weighted by molar-refractivity contribution is 0.296. The van der Waals surface area contributed by atoms with Crippen LogP contribution in [0.2, 0.25) is 0 Å². The SMILES string of the molecule is C=C(OCC)c1ncc(F)cn1. The van der Waals surface area contributed by atoms with Gasteiger partial charge in [-0.05, 0) is 6.92 Å². The van der Waals surface area contributed by atoms with Gasteiger partial charge in [0.15, 0.2) is 17.4 Å². The molecule has 1 heterocycles. The van der Waals surface area contributed by atoms with E-state index in [1.165, 1.54) is 0 Å². The second kappa shape index (κ2) is 3.80. The van der Waals surface area contributed by atoms with E-state index in [1.807, 2.05) is 6.92 Å². The third-order valence-electron chi connectivity index (χ3n) is 1.19. The summed E-state index contributed by atoms with van der Waals surface area (Å²) in [5.41, 5.74) is 0. The van der Waals surface area contributed by atoms with Gasteiger partial charge in [0.25, 0.3) is 0 Å². The van der Waals surface area contributed by atoms with Gasteiger partial charge in [-0.25, -0.2) is 14.4 Å². The van der Waals surface area contributed by atoms with Crippen molar-refractivity contribution in [2.24, 2.45) is 0 Å². The molecule has 1 rings (SSSR count). The Kier molecular flexibility index (Phi) is 2.74. The molecule has 4 heteroatoms. The molecule has 3 nitrogen and oxygen atoms in total. The van der Waals surface area contributed by atoms with E-state index < -0.39 is 5.82 Å². The highest BCUT2D eigenvalue weighted by Crippen LogP contribution is 2.06. The van der Waals surface area contributed by atoms with Gasteiger partial charge in [0.2, 0.25) is 0 Å². The van der Waals surface area contributed by atoms with Gasteiger partial charge in [-0.3, -0.25) is 0 Å². The molecule has 0 spiro atoms. The molecule has 1 aromatic rings. The van der Waals surface area contributed by atoms with E-state index in [2.05, 4.69) is 16.5 Å². The number of nitrogens with zero attached hydrogens (tertiary/aromatic N) is 2. The van der Waals surface area contributed by atoms with Crippen molar-refractivity contribution in [2.75, 3.05) is 6.61 Å². The fraction of sp³-hybridized carbons (Fsp3) is 0.250. The van der Waals surface area contributed by atoms with Gasteiger partial charge in [0.05, 0.1) is 19.0 Å². The maximum Gasteiger partial charge on any atom is 0.194 e. The fourth-order valence-corrected chi connectivity index (χ4v) is 0.695. The molecule has 0 saturated heterocycles. The zero-order chi connectivity index (χ0) is 8.97. The first-order valence-electron chi connectivity index (χ1n) is 3.53. The number of aromatic nitrogens is 2. The predicted octanol–water partition coefficient (Wildman–Crippen LogP) is 1.62. The zero-order valence-electron chi connectivity index (χ0n) is 6.75. The minimum atomic E-state index is -0.469. The highest BCUT2D eigenvalue weighted by Gasteiger charge is 2.01. The van der Waals surface area contributed by atoms with Crippen molar-refractivity contribution in [1.29, 1.82) is 0 Å². The molecular formula is C8H9FN2O. The Bertz CT molecular complexity index is 271. The predicted molar refractivity (Wildman–Crippen MR) is 42.7 cm³/mol. The molecule has 0 atom stereocenters. The average molecular weight is 168 g/mol. The molecule has 0 radical (unpaired) electrons. The zero-order valence-corrected chi connectivity index (χ0v) is 6.75. The number of halogens is 1. The van der Waals surface area contributed by atoms with E-state index in [1.54, 1.807) is 0 Å². The summed E-state index contributed by atoms with van der Waals surface area (Å²) in [7, 11) is 0. The second-order valence-electron chi connectivity index (χ2n) is 2.08. The summed E-state index contributed by atoms with van der Waals surface area (Å²) in [6.07, 6.45) is 2.15. The second-order valence-corrected chi connectivity index (χ2v) is 2.08. The third-order valence-corrected chi connectivity index (χ3v) is 1.19. The van der Waals surface area contributed by atoms with E-state index in [-0.39, 0.29) is 0 Å². The van der Waals surface area contributed by atoms with Crippen LogP contribution in [0.25, 0.3) is 5.76 Å². The summed E-state index contributed by atoms with van der Waals surface area (Å²) < 4.78 is 17.4. The normalized spacial score (nSPS) is 9.50. The molecule has 0 saturated carbocycles. The molecule has 64 valence electrons. The first-order chi connectivity index (χ1) is 5.74. The Hall–Kier alpha value is -1.45. The smallest absolute Gasteiger partial charge is 0.194 e. The third kappa shape index (κ3) is 2.02. The molecule has 12 heavy (non-hydrogen) atoms. The van der Waals surface area contributed by atoms with Gasteiger partial charge in [-0.1, -0.05) is 6.58 Å². The molecule has 1 aromatic heterocycles. The van der Waals surface area contributed by atoms with E-state index in [9.17, 15) is 4.39 Å². The Morgan fingerprint density at radius 3 is 2.67 bits per heavy atom. The van der Waals surface area contributed by atoms with Crippen LogP contribution in [0.15, 0.2) is 19.0 Å². The van der Waals surface area contributed by atoms with Crippen molar-refractivity contribution in [2.45, 2.75) is 6.92 Å². The van der Waals surface area contributed by atoms with Crippen LogP contribution >= 0.6 is 0 Å². The summed E-state index contributed by atoms with van der Waals surface area (Å²) in [6, 6.07) is 0. The highest BCUT2D eigenvalue weighted by atomic mass is 19.1. The van der Waals surface area contributed by atoms with Crippen LogP contribution in [-0.2, 0) is 4.74 Å². The van der Waals surface area contributed by atoms with Crippen LogP contribution in [0.5, 0.6) is 0 Å². The topological polar surface area (TPSA) is 35.0 Å². The Balaban J connectivity index is 2.75. The van der Waals surface area contributed by atoms with Gasteiger partial charge in [0, 0.05) is 0 Å². The van der Waals surface area contributed by atoms with Crippen molar-refractivity contribution >= 4 is 5.76 Å². The first-order valence-corrected chi connectivity index (χ1v) is 3.53. The lowest BCUT2D eigenvalue weighted by Gasteiger charge is -2.03. The van der Waals surface area contributed by atoms with Crippen molar-refractivity contribution in [3.8, 4) is 0 Å². The van der Waals surface area contributed by atoms with Crippen LogP contribution in [-0.4, -0.2) is 16.6 Å². The summed E-state index contributed by atoms with van der Waals surface area (Å²) in [4.78, 5) is 7.37. The van der Waals surface area contributed by atoms with Gasteiger partial charge in [0.1, 0.15) is 0 Å². The first kappa shape index (κ1) is 8.64. The molecule has 0 aliphatic rings. The van der Waals surface area contributed by atoms with Gasteiger partial charge in [-0.15, -0.1) is 0 Å². The fourth-order valence-electron chi connectivity index (χ4n) is 0.695. The quantitative estimate of drug-likeness (QED) is 0.643. The van der Waals surface area contributed by atoms with E-state index in [0.717, 1.165) is 12.4 Å². The largest absolute Gasteiger partial charge is 0.491 e. The Labute approximate surface area is 69.9 Å². The monoisotopic (exact) mass is 168 g/mol. The van der Waals surface area contributed by atoms with Crippen LogP contribution in [0.3, 0.4) is 0 Å². The Morgan fingerprint density at radius 2 is 2.17 bits per heavy atom. The van der Waals surface area contributed by atoms with Crippen LogP contribution in [0.4, 0.5) is 4.39 Å². The Morgan fingerprint density at radius 1 is 1.58 bits per heavy atom. The summed E-state index contributed by atoms with van der Waals surface area (Å²) >= 11 is 0.